The van der Waals surface area contributed by atoms with E-state index in [1.807, 2.05) is 6.92 Å². The van der Waals surface area contributed by atoms with Crippen LogP contribution in [0.15, 0.2) is 18.2 Å². The van der Waals surface area contributed by atoms with Gasteiger partial charge in [-0.1, -0.05) is 6.92 Å². The van der Waals surface area contributed by atoms with Crippen molar-refractivity contribution in [3.63, 3.8) is 0 Å². The third-order valence-electron chi connectivity index (χ3n) is 3.84. The lowest BCUT2D eigenvalue weighted by Crippen LogP contribution is -2.37. The summed E-state index contributed by atoms with van der Waals surface area (Å²) in [7, 11) is 0. The molecule has 0 aromatic heterocycles. The Morgan fingerprint density at radius 2 is 2.35 bits per heavy atom. The van der Waals surface area contributed by atoms with E-state index >= 15 is 0 Å². The summed E-state index contributed by atoms with van der Waals surface area (Å²) in [5.41, 5.74) is -0.498. The van der Waals surface area contributed by atoms with Crippen LogP contribution in [0.3, 0.4) is 0 Å². The number of nitro groups is 1. The number of carbonyl (C=O) groups is 1. The van der Waals surface area contributed by atoms with Gasteiger partial charge in [-0.05, 0) is 25.5 Å². The Morgan fingerprint density at radius 1 is 1.60 bits per heavy atom. The van der Waals surface area contributed by atoms with Crippen molar-refractivity contribution < 1.29 is 14.8 Å². The van der Waals surface area contributed by atoms with Crippen molar-refractivity contribution in [3.05, 3.63) is 28.3 Å². The minimum Gasteiger partial charge on any atom is -0.506 e. The molecule has 0 spiro atoms. The number of hydrogen-bond acceptors (Lipinski definition) is 5. The van der Waals surface area contributed by atoms with Gasteiger partial charge in [-0.2, -0.15) is 0 Å². The van der Waals surface area contributed by atoms with E-state index in [1.165, 1.54) is 12.1 Å². The summed E-state index contributed by atoms with van der Waals surface area (Å²) in [6, 6.07) is 3.62. The molecule has 1 saturated heterocycles. The number of phenols is 1. The Hall–Kier alpha value is -2.15. The second kappa shape index (κ2) is 5.46. The lowest BCUT2D eigenvalue weighted by atomic mass is 9.83. The Labute approximate surface area is 116 Å². The lowest BCUT2D eigenvalue weighted by molar-refractivity contribution is -0.384. The summed E-state index contributed by atoms with van der Waals surface area (Å²) >= 11 is 0. The van der Waals surface area contributed by atoms with E-state index in [-0.39, 0.29) is 23.0 Å². The molecule has 3 N–H and O–H groups in total. The normalized spacial score (nSPS) is 21.6. The zero-order valence-electron chi connectivity index (χ0n) is 11.2. The van der Waals surface area contributed by atoms with Crippen molar-refractivity contribution in [1.29, 1.82) is 0 Å². The molecule has 1 fully saturated rings. The molecule has 1 aliphatic rings. The number of hydrogen-bond donors (Lipinski definition) is 3. The number of rotatable bonds is 4. The molecular formula is C13H17N3O4. The Balaban J connectivity index is 2.17. The zero-order valence-corrected chi connectivity index (χ0v) is 11.2. The lowest BCUT2D eigenvalue weighted by Gasteiger charge is -2.25. The van der Waals surface area contributed by atoms with E-state index in [4.69, 9.17) is 0 Å². The van der Waals surface area contributed by atoms with Crippen molar-refractivity contribution in [2.75, 3.05) is 18.4 Å². The minimum atomic E-state index is -0.597. The fraction of sp³-hybridized carbons (Fsp3) is 0.462. The molecule has 1 heterocycles. The molecule has 20 heavy (non-hydrogen) atoms. The zero-order chi connectivity index (χ0) is 14.8. The molecule has 7 heteroatoms. The van der Waals surface area contributed by atoms with Crippen molar-refractivity contribution in [3.8, 4) is 5.75 Å². The van der Waals surface area contributed by atoms with Gasteiger partial charge in [0.15, 0.2) is 0 Å². The summed E-state index contributed by atoms with van der Waals surface area (Å²) in [5, 5.41) is 26.2. The van der Waals surface area contributed by atoms with Gasteiger partial charge in [0.1, 0.15) is 5.75 Å². The highest BCUT2D eigenvalue weighted by Gasteiger charge is 2.39. The van der Waals surface area contributed by atoms with E-state index in [0.717, 1.165) is 19.0 Å². The third-order valence-corrected chi connectivity index (χ3v) is 3.84. The number of amides is 1. The van der Waals surface area contributed by atoms with E-state index in [9.17, 15) is 20.0 Å². The van der Waals surface area contributed by atoms with Crippen molar-refractivity contribution in [2.24, 2.45) is 5.41 Å². The number of nitro benzene ring substituents is 1. The maximum Gasteiger partial charge on any atom is 0.273 e. The van der Waals surface area contributed by atoms with Gasteiger partial charge in [-0.3, -0.25) is 14.9 Å². The number of aromatic hydroxyl groups is 1. The van der Waals surface area contributed by atoms with Crippen LogP contribution in [0.5, 0.6) is 5.75 Å². The van der Waals surface area contributed by atoms with E-state index in [2.05, 4.69) is 10.6 Å². The van der Waals surface area contributed by atoms with Crippen LogP contribution >= 0.6 is 0 Å². The van der Waals surface area contributed by atoms with Gasteiger partial charge in [0, 0.05) is 12.6 Å². The second-order valence-corrected chi connectivity index (χ2v) is 4.97. The predicted octanol–water partition coefficient (Wildman–Crippen LogP) is 1.63. The molecule has 1 aromatic carbocycles. The highest BCUT2D eigenvalue weighted by molar-refractivity contribution is 5.97. The monoisotopic (exact) mass is 279 g/mol. The number of nitrogens with one attached hydrogen (secondary N) is 2. The van der Waals surface area contributed by atoms with Crippen molar-refractivity contribution in [2.45, 2.75) is 19.8 Å². The van der Waals surface area contributed by atoms with Crippen LogP contribution in [0.2, 0.25) is 0 Å². The molecule has 0 saturated carbocycles. The maximum atomic E-state index is 12.3. The molecule has 0 aliphatic carbocycles. The summed E-state index contributed by atoms with van der Waals surface area (Å²) in [6.07, 6.45) is 1.43. The standard InChI is InChI=1S/C13H17N3O4/c1-2-13(5-6-14-8-13)12(18)15-10-4-3-9(16(19)20)7-11(10)17/h3-4,7,14,17H,2,5-6,8H2,1H3,(H,15,18). The number of benzene rings is 1. The fourth-order valence-corrected chi connectivity index (χ4v) is 2.39. The van der Waals surface area contributed by atoms with Crippen molar-refractivity contribution >= 4 is 17.3 Å². The van der Waals surface area contributed by atoms with Gasteiger partial charge in [0.25, 0.3) is 5.69 Å². The van der Waals surface area contributed by atoms with Gasteiger partial charge in [0.05, 0.1) is 22.1 Å². The molecule has 7 nitrogen and oxygen atoms in total. The van der Waals surface area contributed by atoms with Gasteiger partial charge in [-0.25, -0.2) is 0 Å². The number of anilines is 1. The van der Waals surface area contributed by atoms with E-state index < -0.39 is 10.3 Å². The van der Waals surface area contributed by atoms with Crippen LogP contribution in [0, 0.1) is 15.5 Å². The molecule has 1 aliphatic heterocycles. The molecule has 1 aromatic rings. The number of non-ortho nitro benzene ring substituents is 1. The quantitative estimate of drug-likeness (QED) is 0.441. The molecule has 2 rings (SSSR count). The first-order chi connectivity index (χ1) is 9.48. The molecule has 0 radical (unpaired) electrons. The van der Waals surface area contributed by atoms with Gasteiger partial charge < -0.3 is 15.7 Å². The maximum absolute atomic E-state index is 12.3. The Kier molecular flexibility index (Phi) is 3.89. The predicted molar refractivity (Wildman–Crippen MR) is 73.6 cm³/mol. The topological polar surface area (TPSA) is 104 Å². The average molecular weight is 279 g/mol. The average Bonchev–Trinajstić information content (AvgIpc) is 2.90. The van der Waals surface area contributed by atoms with E-state index in [1.54, 1.807) is 0 Å². The van der Waals surface area contributed by atoms with Crippen LogP contribution in [0.1, 0.15) is 19.8 Å². The molecule has 1 amide bonds. The summed E-state index contributed by atoms with van der Waals surface area (Å²) < 4.78 is 0. The summed E-state index contributed by atoms with van der Waals surface area (Å²) in [6.45, 7) is 3.33. The van der Waals surface area contributed by atoms with Gasteiger partial charge in [0.2, 0.25) is 5.91 Å². The Bertz CT molecular complexity index is 538. The van der Waals surface area contributed by atoms with Crippen molar-refractivity contribution in [1.82, 2.24) is 5.32 Å². The first-order valence-electron chi connectivity index (χ1n) is 6.48. The van der Waals surface area contributed by atoms with E-state index in [0.29, 0.717) is 13.0 Å². The summed E-state index contributed by atoms with van der Waals surface area (Å²) in [5.74, 6) is -0.473. The molecule has 1 atom stereocenters. The van der Waals surface area contributed by atoms with Crippen LogP contribution in [0.4, 0.5) is 11.4 Å². The SMILES string of the molecule is CCC1(C(=O)Nc2ccc([N+](=O)[O-])cc2O)CCNC1. The second-order valence-electron chi connectivity index (χ2n) is 4.97. The smallest absolute Gasteiger partial charge is 0.273 e. The highest BCUT2D eigenvalue weighted by atomic mass is 16.6. The van der Waals surface area contributed by atoms with Crippen LogP contribution < -0.4 is 10.6 Å². The first-order valence-corrected chi connectivity index (χ1v) is 6.48. The van der Waals surface area contributed by atoms with Crippen LogP contribution in [0.25, 0.3) is 0 Å². The number of nitrogens with zero attached hydrogens (tertiary/aromatic N) is 1. The van der Waals surface area contributed by atoms with Crippen LogP contribution in [-0.4, -0.2) is 29.0 Å². The number of phenolic OH excluding ortho intramolecular Hbond substituents is 1. The molecule has 108 valence electrons. The Morgan fingerprint density at radius 3 is 2.85 bits per heavy atom. The third kappa shape index (κ3) is 2.57. The molecule has 0 bridgehead atoms. The molecule has 1 unspecified atom stereocenters. The van der Waals surface area contributed by atoms with Crippen LogP contribution in [-0.2, 0) is 4.79 Å². The fourth-order valence-electron chi connectivity index (χ4n) is 2.39. The minimum absolute atomic E-state index is 0.172. The van der Waals surface area contributed by atoms with Gasteiger partial charge >= 0.3 is 0 Å². The summed E-state index contributed by atoms with van der Waals surface area (Å²) in [4.78, 5) is 22.3. The number of carbonyl (C=O) groups excluding carboxylic acids is 1. The highest BCUT2D eigenvalue weighted by Crippen LogP contribution is 2.33. The van der Waals surface area contributed by atoms with Gasteiger partial charge in [-0.15, -0.1) is 0 Å². The largest absolute Gasteiger partial charge is 0.506 e. The first kappa shape index (κ1) is 14.3. The molecular weight excluding hydrogens is 262 g/mol.